The molecular weight excluding hydrogens is 203 g/mol. The summed E-state index contributed by atoms with van der Waals surface area (Å²) in [4.78, 5) is 0. The molecule has 0 unspecified atom stereocenters. The van der Waals surface area contributed by atoms with E-state index in [1.165, 1.54) is 0 Å². The molecule has 9 heavy (non-hydrogen) atoms. The van der Waals surface area contributed by atoms with Crippen LogP contribution in [0.5, 0.6) is 0 Å². The Balaban J connectivity index is 3.75. The Hall–Kier alpha value is 0.992. The molecule has 0 aromatic rings. The normalized spacial score (nSPS) is 14.0. The third-order valence-corrected chi connectivity index (χ3v) is 31.4. The molecule has 0 aromatic heterocycles. The summed E-state index contributed by atoms with van der Waals surface area (Å²) >= 11 is 0.757. The zero-order chi connectivity index (χ0) is 7.71. The first-order chi connectivity index (χ1) is 3.71. The van der Waals surface area contributed by atoms with E-state index in [1.54, 1.807) is 0 Å². The van der Waals surface area contributed by atoms with Crippen LogP contribution in [0.2, 0.25) is 39.3 Å². The summed E-state index contributed by atoms with van der Waals surface area (Å²) in [6, 6.07) is 0. The Morgan fingerprint density at radius 2 is 0.889 bits per heavy atom. The van der Waals surface area contributed by atoms with Crippen molar-refractivity contribution in [1.29, 1.82) is 0 Å². The van der Waals surface area contributed by atoms with Gasteiger partial charge >= 0.3 is 66.8 Å². The van der Waals surface area contributed by atoms with E-state index in [4.69, 9.17) is 0 Å². The van der Waals surface area contributed by atoms with Gasteiger partial charge in [0.25, 0.3) is 0 Å². The van der Waals surface area contributed by atoms with E-state index < -0.39 is 13.1 Å². The van der Waals surface area contributed by atoms with Gasteiger partial charge in [0, 0.05) is 0 Å². The van der Waals surface area contributed by atoms with Crippen LogP contribution in [0.3, 0.4) is 0 Å². The molecule has 0 heterocycles. The molecular formula is C6H18AsSi2. The van der Waals surface area contributed by atoms with Crippen molar-refractivity contribution < 1.29 is 0 Å². The molecule has 0 spiro atoms. The van der Waals surface area contributed by atoms with Crippen molar-refractivity contribution >= 4 is 27.5 Å². The minimum absolute atomic E-state index is 0.637. The molecule has 0 saturated heterocycles. The van der Waals surface area contributed by atoms with E-state index in [1.807, 2.05) is 0 Å². The Bertz CT molecular complexity index is 76.2. The van der Waals surface area contributed by atoms with Crippen molar-refractivity contribution in [3.05, 3.63) is 0 Å². The molecule has 0 amide bonds. The third kappa shape index (κ3) is 8.99. The van der Waals surface area contributed by atoms with Crippen molar-refractivity contribution in [2.75, 3.05) is 0 Å². The van der Waals surface area contributed by atoms with Crippen LogP contribution in [-0.4, -0.2) is 27.5 Å². The van der Waals surface area contributed by atoms with E-state index in [2.05, 4.69) is 39.3 Å². The average molecular weight is 221 g/mol. The SMILES string of the molecule is C[Si](C)(C)[As][Si](C)(C)C. The molecule has 0 N–H and O–H groups in total. The molecule has 0 aliphatic heterocycles. The van der Waals surface area contributed by atoms with Crippen LogP contribution in [0.25, 0.3) is 0 Å². The monoisotopic (exact) mass is 221 g/mol. The maximum absolute atomic E-state index is 2.51. The van der Waals surface area contributed by atoms with Gasteiger partial charge in [-0.1, -0.05) is 0 Å². The fourth-order valence-corrected chi connectivity index (χ4v) is 47.1. The zero-order valence-electron chi connectivity index (χ0n) is 7.45. The summed E-state index contributed by atoms with van der Waals surface area (Å²) in [7, 11) is 0. The van der Waals surface area contributed by atoms with Crippen molar-refractivity contribution in [1.82, 2.24) is 0 Å². The summed E-state index contributed by atoms with van der Waals surface area (Å²) in [5.74, 6) is 0. The molecule has 0 aromatic carbocycles. The quantitative estimate of drug-likeness (QED) is 0.628. The van der Waals surface area contributed by atoms with Gasteiger partial charge in [-0.05, 0) is 0 Å². The van der Waals surface area contributed by atoms with E-state index in [0.29, 0.717) is 0 Å². The van der Waals surface area contributed by atoms with Crippen LogP contribution >= 0.6 is 0 Å². The number of hydrogen-bond donors (Lipinski definition) is 0. The van der Waals surface area contributed by atoms with Gasteiger partial charge in [-0.3, -0.25) is 0 Å². The summed E-state index contributed by atoms with van der Waals surface area (Å²) in [5.41, 5.74) is 0. The summed E-state index contributed by atoms with van der Waals surface area (Å²) in [6.07, 6.45) is 0. The van der Waals surface area contributed by atoms with Gasteiger partial charge in [-0.15, -0.1) is 0 Å². The molecule has 0 fully saturated rings. The van der Waals surface area contributed by atoms with Crippen molar-refractivity contribution in [3.8, 4) is 0 Å². The topological polar surface area (TPSA) is 0 Å². The maximum atomic E-state index is 2.51. The van der Waals surface area contributed by atoms with E-state index in [9.17, 15) is 0 Å². The third-order valence-electron chi connectivity index (χ3n) is 0.671. The van der Waals surface area contributed by atoms with Crippen LogP contribution in [0.1, 0.15) is 0 Å². The second-order valence-electron chi connectivity index (χ2n) is 4.45. The molecule has 0 saturated carbocycles. The van der Waals surface area contributed by atoms with Gasteiger partial charge in [-0.2, -0.15) is 0 Å². The van der Waals surface area contributed by atoms with Gasteiger partial charge in [-0.25, -0.2) is 0 Å². The number of hydrogen-bond acceptors (Lipinski definition) is 0. The molecule has 0 atom stereocenters. The van der Waals surface area contributed by atoms with Crippen LogP contribution in [0, 0.1) is 0 Å². The van der Waals surface area contributed by atoms with Gasteiger partial charge in [0.2, 0.25) is 0 Å². The first-order valence-electron chi connectivity index (χ1n) is 3.45. The molecule has 0 aliphatic rings. The molecule has 0 nitrogen and oxygen atoms in total. The first kappa shape index (κ1) is 9.99. The van der Waals surface area contributed by atoms with Gasteiger partial charge < -0.3 is 0 Å². The van der Waals surface area contributed by atoms with E-state index in [-0.39, 0.29) is 0 Å². The minimum atomic E-state index is -0.637. The number of rotatable bonds is 2. The average Bonchev–Trinajstić information content (AvgIpc) is 1.14. The first-order valence-corrected chi connectivity index (χ1v) is 16.0. The Labute approximate surface area is 66.9 Å². The molecule has 0 rings (SSSR count). The van der Waals surface area contributed by atoms with Crippen LogP contribution in [0.4, 0.5) is 0 Å². The fourth-order valence-electron chi connectivity index (χ4n) is 1.01. The predicted molar refractivity (Wildman–Crippen MR) is 52.4 cm³/mol. The van der Waals surface area contributed by atoms with Crippen LogP contribution in [-0.2, 0) is 0 Å². The van der Waals surface area contributed by atoms with Crippen LogP contribution < -0.4 is 0 Å². The van der Waals surface area contributed by atoms with Crippen molar-refractivity contribution in [2.24, 2.45) is 0 Å². The van der Waals surface area contributed by atoms with Gasteiger partial charge in [0.15, 0.2) is 0 Å². The second kappa shape index (κ2) is 2.93. The predicted octanol–water partition coefficient (Wildman–Crippen LogP) is 2.36. The fraction of sp³-hybridized carbons (Fsp3) is 1.00. The standard InChI is InChI=1S/C6H18AsSi2/c1-8(2,3)7-9(4,5)6/h1-6H3. The summed E-state index contributed by atoms with van der Waals surface area (Å²) in [5, 5.41) is 0. The summed E-state index contributed by atoms with van der Waals surface area (Å²) < 4.78 is 0. The van der Waals surface area contributed by atoms with Gasteiger partial charge in [0.05, 0.1) is 0 Å². The molecule has 3 heteroatoms. The molecule has 0 aliphatic carbocycles. The van der Waals surface area contributed by atoms with E-state index in [0.717, 1.165) is 14.4 Å². The molecule has 1 radical (unpaired) electrons. The van der Waals surface area contributed by atoms with Crippen LogP contribution in [0.15, 0.2) is 0 Å². The Morgan fingerprint density at radius 1 is 0.667 bits per heavy atom. The van der Waals surface area contributed by atoms with E-state index >= 15 is 0 Å². The molecule has 0 bridgehead atoms. The Morgan fingerprint density at radius 3 is 0.889 bits per heavy atom. The molecule has 55 valence electrons. The zero-order valence-corrected chi connectivity index (χ0v) is 11.3. The Kier molecular flexibility index (Phi) is 3.26. The van der Waals surface area contributed by atoms with Crippen molar-refractivity contribution in [2.45, 2.75) is 39.3 Å². The second-order valence-corrected chi connectivity index (χ2v) is 35.1. The summed E-state index contributed by atoms with van der Waals surface area (Å²) in [6.45, 7) is 13.8. The van der Waals surface area contributed by atoms with Gasteiger partial charge in [0.1, 0.15) is 0 Å². The van der Waals surface area contributed by atoms with Crippen molar-refractivity contribution in [3.63, 3.8) is 0 Å².